The Morgan fingerprint density at radius 1 is 1.26 bits per heavy atom. The molecule has 1 aromatic heterocycles. The minimum Gasteiger partial charge on any atom is -0.379 e. The molecule has 0 saturated carbocycles. The Hall–Kier alpha value is -1.32. The third-order valence-corrected chi connectivity index (χ3v) is 3.94. The first-order chi connectivity index (χ1) is 9.33. The van der Waals surface area contributed by atoms with Crippen molar-refractivity contribution in [1.82, 2.24) is 9.88 Å². The minimum absolute atomic E-state index is 0.894. The summed E-state index contributed by atoms with van der Waals surface area (Å²) in [6.07, 6.45) is 2.34. The third-order valence-electron chi connectivity index (χ3n) is 3.94. The van der Waals surface area contributed by atoms with E-state index in [0.717, 1.165) is 32.7 Å². The van der Waals surface area contributed by atoms with Gasteiger partial charge in [-0.15, -0.1) is 0 Å². The fourth-order valence-corrected chi connectivity index (χ4v) is 2.82. The van der Waals surface area contributed by atoms with Gasteiger partial charge in [-0.3, -0.25) is 4.90 Å². The van der Waals surface area contributed by atoms with Crippen molar-refractivity contribution in [2.24, 2.45) is 0 Å². The number of H-pyrrole nitrogens is 1. The molecule has 0 aliphatic carbocycles. The lowest BCUT2D eigenvalue weighted by molar-refractivity contribution is 0.0374. The maximum Gasteiger partial charge on any atom is 0.0594 e. The summed E-state index contributed by atoms with van der Waals surface area (Å²) in [4.78, 5) is 6.06. The molecule has 0 amide bonds. The molecule has 3 rings (SSSR count). The Labute approximate surface area is 114 Å². The van der Waals surface area contributed by atoms with Crippen LogP contribution in [-0.4, -0.2) is 42.7 Å². The van der Waals surface area contributed by atoms with Crippen LogP contribution in [0.15, 0.2) is 24.3 Å². The third kappa shape index (κ3) is 2.99. The SMILES string of the molecule is Cc1cccc2cc(CCCN3CCOCC3)[nH]c12. The van der Waals surface area contributed by atoms with Crippen molar-refractivity contribution < 1.29 is 4.74 Å². The summed E-state index contributed by atoms with van der Waals surface area (Å²) in [6.45, 7) is 7.31. The van der Waals surface area contributed by atoms with Gasteiger partial charge in [0.25, 0.3) is 0 Å². The monoisotopic (exact) mass is 258 g/mol. The number of benzene rings is 1. The van der Waals surface area contributed by atoms with E-state index in [-0.39, 0.29) is 0 Å². The van der Waals surface area contributed by atoms with Crippen LogP contribution >= 0.6 is 0 Å². The number of aromatic nitrogens is 1. The second kappa shape index (κ2) is 5.76. The van der Waals surface area contributed by atoms with Crippen LogP contribution in [0.1, 0.15) is 17.7 Å². The molecule has 2 heterocycles. The molecular weight excluding hydrogens is 236 g/mol. The van der Waals surface area contributed by atoms with Crippen LogP contribution in [0.25, 0.3) is 10.9 Å². The topological polar surface area (TPSA) is 28.3 Å². The van der Waals surface area contributed by atoms with Crippen LogP contribution in [-0.2, 0) is 11.2 Å². The number of fused-ring (bicyclic) bond motifs is 1. The number of para-hydroxylation sites is 1. The van der Waals surface area contributed by atoms with Crippen molar-refractivity contribution in [2.75, 3.05) is 32.8 Å². The zero-order chi connectivity index (χ0) is 13.1. The highest BCUT2D eigenvalue weighted by atomic mass is 16.5. The Bertz CT molecular complexity index is 541. The van der Waals surface area contributed by atoms with Crippen LogP contribution in [0.2, 0.25) is 0 Å². The Morgan fingerprint density at radius 2 is 2.11 bits per heavy atom. The van der Waals surface area contributed by atoms with Crippen LogP contribution in [0.4, 0.5) is 0 Å². The fraction of sp³-hybridized carbons (Fsp3) is 0.500. The summed E-state index contributed by atoms with van der Waals surface area (Å²) in [6, 6.07) is 8.77. The molecule has 3 heteroatoms. The second-order valence-electron chi connectivity index (χ2n) is 5.39. The highest BCUT2D eigenvalue weighted by Gasteiger charge is 2.10. The molecule has 1 N–H and O–H groups in total. The van der Waals surface area contributed by atoms with Gasteiger partial charge < -0.3 is 9.72 Å². The number of ether oxygens (including phenoxy) is 1. The highest BCUT2D eigenvalue weighted by Crippen LogP contribution is 2.19. The summed E-state index contributed by atoms with van der Waals surface area (Å²) in [5, 5.41) is 1.33. The Morgan fingerprint density at radius 3 is 2.89 bits per heavy atom. The average Bonchev–Trinajstić information content (AvgIpc) is 2.84. The maximum absolute atomic E-state index is 5.37. The highest BCUT2D eigenvalue weighted by molar-refractivity contribution is 5.83. The van der Waals surface area contributed by atoms with Crippen molar-refractivity contribution in [3.05, 3.63) is 35.5 Å². The first-order valence-electron chi connectivity index (χ1n) is 7.20. The molecule has 1 aromatic carbocycles. The van der Waals surface area contributed by atoms with Gasteiger partial charge in [0.2, 0.25) is 0 Å². The summed E-state index contributed by atoms with van der Waals surface area (Å²) < 4.78 is 5.37. The first kappa shape index (κ1) is 12.7. The number of nitrogens with one attached hydrogen (secondary N) is 1. The first-order valence-corrected chi connectivity index (χ1v) is 7.20. The van der Waals surface area contributed by atoms with E-state index in [4.69, 9.17) is 4.74 Å². The van der Waals surface area contributed by atoms with Gasteiger partial charge in [-0.1, -0.05) is 18.2 Å². The molecular formula is C16H22N2O. The van der Waals surface area contributed by atoms with Crippen molar-refractivity contribution in [2.45, 2.75) is 19.8 Å². The number of hydrogen-bond donors (Lipinski definition) is 1. The second-order valence-corrected chi connectivity index (χ2v) is 5.39. The van der Waals surface area contributed by atoms with Gasteiger partial charge in [0, 0.05) is 24.3 Å². The van der Waals surface area contributed by atoms with E-state index in [2.05, 4.69) is 41.1 Å². The quantitative estimate of drug-likeness (QED) is 0.913. The average molecular weight is 258 g/mol. The minimum atomic E-state index is 0.894. The van der Waals surface area contributed by atoms with Gasteiger partial charge in [-0.2, -0.15) is 0 Å². The maximum atomic E-state index is 5.37. The summed E-state index contributed by atoms with van der Waals surface area (Å²) in [7, 11) is 0. The van der Waals surface area contributed by atoms with Gasteiger partial charge in [0.1, 0.15) is 0 Å². The van der Waals surface area contributed by atoms with E-state index in [1.54, 1.807) is 0 Å². The van der Waals surface area contributed by atoms with Crippen molar-refractivity contribution >= 4 is 10.9 Å². The predicted molar refractivity (Wildman–Crippen MR) is 78.6 cm³/mol. The molecule has 2 aromatic rings. The van der Waals surface area contributed by atoms with E-state index < -0.39 is 0 Å². The molecule has 0 unspecified atom stereocenters. The molecule has 1 aliphatic rings. The van der Waals surface area contributed by atoms with Crippen LogP contribution in [0.3, 0.4) is 0 Å². The van der Waals surface area contributed by atoms with Gasteiger partial charge >= 0.3 is 0 Å². The molecule has 1 aliphatic heterocycles. The molecule has 19 heavy (non-hydrogen) atoms. The van der Waals surface area contributed by atoms with Gasteiger partial charge in [-0.05, 0) is 43.3 Å². The zero-order valence-electron chi connectivity index (χ0n) is 11.6. The van der Waals surface area contributed by atoms with Crippen molar-refractivity contribution in [3.63, 3.8) is 0 Å². The molecule has 0 radical (unpaired) electrons. The van der Waals surface area contributed by atoms with Gasteiger partial charge in [0.15, 0.2) is 0 Å². The normalized spacial score (nSPS) is 17.1. The van der Waals surface area contributed by atoms with Gasteiger partial charge in [-0.25, -0.2) is 0 Å². The Balaban J connectivity index is 1.57. The van der Waals surface area contributed by atoms with E-state index in [0.29, 0.717) is 0 Å². The van der Waals surface area contributed by atoms with Crippen LogP contribution < -0.4 is 0 Å². The standard InChI is InChI=1S/C16H22N2O/c1-13-4-2-5-14-12-15(17-16(13)14)6-3-7-18-8-10-19-11-9-18/h2,4-5,12,17H,3,6-11H2,1H3. The summed E-state index contributed by atoms with van der Waals surface area (Å²) in [5.74, 6) is 0. The number of aromatic amines is 1. The molecule has 0 spiro atoms. The molecule has 0 bridgehead atoms. The van der Waals surface area contributed by atoms with Crippen molar-refractivity contribution in [3.8, 4) is 0 Å². The molecule has 1 saturated heterocycles. The summed E-state index contributed by atoms with van der Waals surface area (Å²) in [5.41, 5.74) is 3.98. The Kier molecular flexibility index (Phi) is 3.85. The van der Waals surface area contributed by atoms with E-state index in [1.807, 2.05) is 0 Å². The van der Waals surface area contributed by atoms with E-state index in [9.17, 15) is 0 Å². The predicted octanol–water partition coefficient (Wildman–Crippen LogP) is 2.74. The van der Waals surface area contributed by atoms with Crippen LogP contribution in [0, 0.1) is 6.92 Å². The lowest BCUT2D eigenvalue weighted by Gasteiger charge is -2.26. The fourth-order valence-electron chi connectivity index (χ4n) is 2.82. The number of aryl methyl sites for hydroxylation is 2. The molecule has 0 atom stereocenters. The number of nitrogens with zero attached hydrogens (tertiary/aromatic N) is 1. The summed E-state index contributed by atoms with van der Waals surface area (Å²) >= 11 is 0. The van der Waals surface area contributed by atoms with Crippen molar-refractivity contribution in [1.29, 1.82) is 0 Å². The number of morpholine rings is 1. The smallest absolute Gasteiger partial charge is 0.0594 e. The van der Waals surface area contributed by atoms with E-state index in [1.165, 1.54) is 35.1 Å². The largest absolute Gasteiger partial charge is 0.379 e. The number of rotatable bonds is 4. The zero-order valence-corrected chi connectivity index (χ0v) is 11.6. The van der Waals surface area contributed by atoms with Crippen LogP contribution in [0.5, 0.6) is 0 Å². The van der Waals surface area contributed by atoms with Gasteiger partial charge in [0.05, 0.1) is 13.2 Å². The molecule has 1 fully saturated rings. The molecule has 3 nitrogen and oxygen atoms in total. The van der Waals surface area contributed by atoms with E-state index >= 15 is 0 Å². The lowest BCUT2D eigenvalue weighted by Crippen LogP contribution is -2.36. The molecule has 102 valence electrons. The lowest BCUT2D eigenvalue weighted by atomic mass is 10.1. The number of hydrogen-bond acceptors (Lipinski definition) is 2.